The summed E-state index contributed by atoms with van der Waals surface area (Å²) >= 11 is 0. The highest BCUT2D eigenvalue weighted by Gasteiger charge is 2.51. The molecule has 3 fully saturated rings. The lowest BCUT2D eigenvalue weighted by molar-refractivity contribution is -0.136. The first-order chi connectivity index (χ1) is 14.2. The molecule has 0 radical (unpaired) electrons. The number of hydrogen-bond acceptors (Lipinski definition) is 6. The van der Waals surface area contributed by atoms with Crippen molar-refractivity contribution < 1.29 is 19.0 Å². The van der Waals surface area contributed by atoms with Gasteiger partial charge in [-0.3, -0.25) is 9.69 Å². The van der Waals surface area contributed by atoms with Crippen molar-refractivity contribution in [3.8, 4) is 11.5 Å². The number of amides is 1. The van der Waals surface area contributed by atoms with E-state index in [-0.39, 0.29) is 5.41 Å². The molecule has 0 saturated carbocycles. The van der Waals surface area contributed by atoms with E-state index < -0.39 is 0 Å². The number of likely N-dealkylation sites (tertiary alicyclic amines) is 2. The number of anilines is 1. The zero-order valence-electron chi connectivity index (χ0n) is 17.3. The highest BCUT2D eigenvalue weighted by molar-refractivity contribution is 5.85. The molecular weight excluding hydrogens is 370 g/mol. The monoisotopic (exact) mass is 401 g/mol. The molecule has 7 heteroatoms. The lowest BCUT2D eigenvalue weighted by Crippen LogP contribution is -2.45. The molecule has 1 unspecified atom stereocenters. The van der Waals surface area contributed by atoms with Crippen LogP contribution in [-0.4, -0.2) is 81.5 Å². The van der Waals surface area contributed by atoms with E-state index in [1.54, 1.807) is 7.11 Å². The van der Waals surface area contributed by atoms with Gasteiger partial charge in [-0.25, -0.2) is 0 Å². The summed E-state index contributed by atoms with van der Waals surface area (Å²) < 4.78 is 16.1. The van der Waals surface area contributed by atoms with Crippen molar-refractivity contribution in [1.29, 1.82) is 0 Å². The third-order valence-electron chi connectivity index (χ3n) is 7.25. The highest BCUT2D eigenvalue weighted by Crippen LogP contribution is 2.42. The molecule has 158 valence electrons. The summed E-state index contributed by atoms with van der Waals surface area (Å²) in [5.74, 6) is 2.05. The highest BCUT2D eigenvalue weighted by atomic mass is 16.7. The van der Waals surface area contributed by atoms with E-state index in [1.165, 1.54) is 5.69 Å². The number of piperidine rings is 1. The Morgan fingerprint density at radius 2 is 1.90 bits per heavy atom. The molecule has 1 aromatic carbocycles. The molecule has 1 atom stereocenters. The Labute approximate surface area is 172 Å². The van der Waals surface area contributed by atoms with Gasteiger partial charge in [0.2, 0.25) is 12.7 Å². The molecule has 7 nitrogen and oxygen atoms in total. The first-order valence-corrected chi connectivity index (χ1v) is 10.9. The van der Waals surface area contributed by atoms with Crippen LogP contribution in [0.3, 0.4) is 0 Å². The molecule has 3 saturated heterocycles. The van der Waals surface area contributed by atoms with Crippen LogP contribution in [0, 0.1) is 5.41 Å². The minimum Gasteiger partial charge on any atom is -0.454 e. The predicted molar refractivity (Wildman–Crippen MR) is 109 cm³/mol. The van der Waals surface area contributed by atoms with Gasteiger partial charge in [0.25, 0.3) is 0 Å². The van der Waals surface area contributed by atoms with Crippen molar-refractivity contribution in [2.75, 3.05) is 64.7 Å². The van der Waals surface area contributed by atoms with Crippen molar-refractivity contribution >= 4 is 11.6 Å². The molecule has 5 rings (SSSR count). The topological polar surface area (TPSA) is 54.5 Å². The summed E-state index contributed by atoms with van der Waals surface area (Å²) in [6, 6.07) is 6.82. The molecule has 4 heterocycles. The second-order valence-electron chi connectivity index (χ2n) is 8.79. The predicted octanol–water partition coefficient (Wildman–Crippen LogP) is 1.95. The first kappa shape index (κ1) is 19.0. The average molecular weight is 402 g/mol. The Hall–Kier alpha value is -1.99. The number of methoxy groups -OCH3 is 1. The second-order valence-corrected chi connectivity index (χ2v) is 8.79. The van der Waals surface area contributed by atoms with E-state index in [4.69, 9.17) is 14.2 Å². The van der Waals surface area contributed by atoms with Crippen molar-refractivity contribution in [3.63, 3.8) is 0 Å². The Morgan fingerprint density at radius 1 is 1.10 bits per heavy atom. The maximum atomic E-state index is 13.0. The molecule has 1 amide bonds. The fraction of sp³-hybridized carbons (Fsp3) is 0.682. The summed E-state index contributed by atoms with van der Waals surface area (Å²) in [5, 5.41) is 0. The first-order valence-electron chi connectivity index (χ1n) is 10.9. The molecule has 4 aliphatic heterocycles. The number of ether oxygens (including phenoxy) is 3. The van der Waals surface area contributed by atoms with Crippen LogP contribution in [0.1, 0.15) is 25.7 Å². The molecule has 0 aromatic heterocycles. The Kier molecular flexibility index (Phi) is 5.04. The Morgan fingerprint density at radius 3 is 2.72 bits per heavy atom. The molecule has 4 aliphatic rings. The third-order valence-corrected chi connectivity index (χ3v) is 7.25. The van der Waals surface area contributed by atoms with Crippen LogP contribution in [0.25, 0.3) is 0 Å². The number of carbonyl (C=O) groups excluding carboxylic acids is 1. The molecule has 0 N–H and O–H groups in total. The number of nitrogens with zero attached hydrogens (tertiary/aromatic N) is 3. The molecular formula is C22H31N3O4. The molecule has 1 aromatic rings. The Bertz CT molecular complexity index is 764. The average Bonchev–Trinajstić information content (AvgIpc) is 3.47. The van der Waals surface area contributed by atoms with Gasteiger partial charge in [0.05, 0.1) is 12.0 Å². The fourth-order valence-electron chi connectivity index (χ4n) is 5.47. The lowest BCUT2D eigenvalue weighted by atomic mass is 9.85. The fourth-order valence-corrected chi connectivity index (χ4v) is 5.47. The van der Waals surface area contributed by atoms with Crippen molar-refractivity contribution in [1.82, 2.24) is 9.80 Å². The molecule has 0 aliphatic carbocycles. The van der Waals surface area contributed by atoms with Gasteiger partial charge in [0.1, 0.15) is 0 Å². The van der Waals surface area contributed by atoms with Crippen molar-refractivity contribution in [2.24, 2.45) is 5.41 Å². The van der Waals surface area contributed by atoms with Gasteiger partial charge >= 0.3 is 0 Å². The normalized spacial score (nSPS) is 27.6. The minimum absolute atomic E-state index is 0.137. The van der Waals surface area contributed by atoms with Gasteiger partial charge in [-0.2, -0.15) is 0 Å². The van der Waals surface area contributed by atoms with Crippen molar-refractivity contribution in [2.45, 2.75) is 31.7 Å². The smallest absolute Gasteiger partial charge is 0.231 e. The van der Waals surface area contributed by atoms with Crippen LogP contribution in [0.15, 0.2) is 18.2 Å². The van der Waals surface area contributed by atoms with E-state index in [0.29, 0.717) is 25.3 Å². The quantitative estimate of drug-likeness (QED) is 0.752. The largest absolute Gasteiger partial charge is 0.454 e. The van der Waals surface area contributed by atoms with Gasteiger partial charge in [0, 0.05) is 57.6 Å². The number of hydrogen-bond donors (Lipinski definition) is 0. The number of fused-ring (bicyclic) bond motifs is 1. The molecule has 29 heavy (non-hydrogen) atoms. The number of rotatable bonds is 5. The van der Waals surface area contributed by atoms with E-state index in [1.807, 2.05) is 11.0 Å². The van der Waals surface area contributed by atoms with E-state index >= 15 is 0 Å². The van der Waals surface area contributed by atoms with Crippen LogP contribution in [0.4, 0.5) is 5.69 Å². The van der Waals surface area contributed by atoms with E-state index in [9.17, 15) is 4.79 Å². The number of carbonyl (C=O) groups is 1. The summed E-state index contributed by atoms with van der Waals surface area (Å²) in [5.41, 5.74) is 1.08. The van der Waals surface area contributed by atoms with Gasteiger partial charge in [-0.15, -0.1) is 0 Å². The summed E-state index contributed by atoms with van der Waals surface area (Å²) in [4.78, 5) is 20.1. The van der Waals surface area contributed by atoms with Gasteiger partial charge in [-0.05, 0) is 44.4 Å². The maximum absolute atomic E-state index is 13.0. The van der Waals surface area contributed by atoms with Gasteiger partial charge in [-0.1, -0.05) is 0 Å². The van der Waals surface area contributed by atoms with Gasteiger partial charge in [0.15, 0.2) is 11.5 Å². The third kappa shape index (κ3) is 3.44. The molecule has 0 bridgehead atoms. The van der Waals surface area contributed by atoms with E-state index in [2.05, 4.69) is 21.9 Å². The number of benzene rings is 1. The van der Waals surface area contributed by atoms with E-state index in [0.717, 1.165) is 76.5 Å². The van der Waals surface area contributed by atoms with Crippen LogP contribution in [0.5, 0.6) is 11.5 Å². The van der Waals surface area contributed by atoms with Crippen LogP contribution < -0.4 is 14.4 Å². The van der Waals surface area contributed by atoms with Crippen LogP contribution in [-0.2, 0) is 9.53 Å². The zero-order valence-corrected chi connectivity index (χ0v) is 17.3. The second kappa shape index (κ2) is 7.69. The Balaban J connectivity index is 1.17. The SMILES string of the molecule is COCCN1CCC2(CCN(C3CCN(c4ccc5c(c4)OCO5)CC3)C2)C1=O. The minimum atomic E-state index is -0.137. The summed E-state index contributed by atoms with van der Waals surface area (Å²) in [6.07, 6.45) is 4.30. The summed E-state index contributed by atoms with van der Waals surface area (Å²) in [7, 11) is 1.70. The zero-order chi connectivity index (χ0) is 19.8. The van der Waals surface area contributed by atoms with Crippen LogP contribution in [0.2, 0.25) is 0 Å². The molecule has 1 spiro atoms. The maximum Gasteiger partial charge on any atom is 0.231 e. The summed E-state index contributed by atoms with van der Waals surface area (Å²) in [6.45, 7) is 6.64. The lowest BCUT2D eigenvalue weighted by Gasteiger charge is -2.38. The van der Waals surface area contributed by atoms with Gasteiger partial charge < -0.3 is 24.0 Å². The van der Waals surface area contributed by atoms with Crippen LogP contribution >= 0.6 is 0 Å². The van der Waals surface area contributed by atoms with Crippen molar-refractivity contribution in [3.05, 3.63) is 18.2 Å². The standard InChI is InChI=1S/C22H31N3O4/c1-27-13-12-24-10-6-22(21(24)26)7-11-25(15-22)17-4-8-23(9-5-17)18-2-3-19-20(14-18)29-16-28-19/h2-3,14,17H,4-13,15-16H2,1H3.